The maximum atomic E-state index is 12.2. The van der Waals surface area contributed by atoms with E-state index in [1.807, 2.05) is 0 Å². The number of hydrogen-bond acceptors (Lipinski definition) is 13. The molecular weight excluding hydrogens is 744 g/mol. The summed E-state index contributed by atoms with van der Waals surface area (Å²) in [6.45, 7) is 15.7. The molecule has 0 aromatic carbocycles. The second kappa shape index (κ2) is 14.4. The summed E-state index contributed by atoms with van der Waals surface area (Å²) in [5.41, 5.74) is -0.0944. The number of aliphatic hydroxyl groups excluding tert-OH is 7. The molecule has 0 amide bonds. The second-order valence-electron chi connectivity index (χ2n) is 20.9. The van der Waals surface area contributed by atoms with Crippen LogP contribution < -0.4 is 0 Å². The van der Waals surface area contributed by atoms with Crippen LogP contribution in [0.25, 0.3) is 0 Å². The molecule has 4 saturated carbocycles. The first-order valence-electron chi connectivity index (χ1n) is 20.9. The Morgan fingerprint density at radius 1 is 0.719 bits per heavy atom. The van der Waals surface area contributed by atoms with E-state index in [-0.39, 0.29) is 52.1 Å². The van der Waals surface area contributed by atoms with Crippen LogP contribution in [0.5, 0.6) is 0 Å². The predicted octanol–water partition coefficient (Wildman–Crippen LogP) is 1.95. The van der Waals surface area contributed by atoms with Crippen molar-refractivity contribution in [2.75, 3.05) is 6.61 Å². The standard InChI is InChI=1S/C42H66O15/c1-37(2)16-20-19-8-9-22-41(7,40(19,6)15-14-39(20,5)23(44)17-37)12-10-21-38(3,4)24(11-13-42(21,22)18-43)54-36-32(28(48)27(47)31(56-36)34(52)53)57-35-29(49)25(45)26(46)30(55-35)33(50)51/h8,20-32,35-36,43-49H,9-18H2,1-7H3,(H,50,51)(H,52,53)/t20?,21?,22?,23-,24+,25+,26+,27+,28+,29-,30+,31+,32-,35+,36-,39-,40-,41-,42-/m1/s1. The number of aliphatic carboxylic acids is 2. The van der Waals surface area contributed by atoms with Crippen molar-refractivity contribution >= 4 is 11.9 Å². The van der Waals surface area contributed by atoms with E-state index in [1.54, 1.807) is 0 Å². The molecule has 0 bridgehead atoms. The van der Waals surface area contributed by atoms with Gasteiger partial charge in [0.05, 0.1) is 12.2 Å². The average molecular weight is 811 g/mol. The van der Waals surface area contributed by atoms with Crippen LogP contribution >= 0.6 is 0 Å². The first kappa shape index (κ1) is 43.3. The van der Waals surface area contributed by atoms with E-state index >= 15 is 0 Å². The molecule has 0 radical (unpaired) electrons. The Balaban J connectivity index is 1.17. The molecule has 19 atom stereocenters. The minimum absolute atomic E-state index is 0.0193. The molecule has 57 heavy (non-hydrogen) atoms. The second-order valence-corrected chi connectivity index (χ2v) is 20.9. The third kappa shape index (κ3) is 6.39. The van der Waals surface area contributed by atoms with Gasteiger partial charge in [0.15, 0.2) is 24.8 Å². The van der Waals surface area contributed by atoms with Gasteiger partial charge in [-0.05, 0) is 97.2 Å². The number of carboxylic acids is 2. The van der Waals surface area contributed by atoms with E-state index in [2.05, 4.69) is 54.5 Å². The van der Waals surface area contributed by atoms with Crippen LogP contribution in [0.15, 0.2) is 11.6 Å². The van der Waals surface area contributed by atoms with E-state index in [4.69, 9.17) is 18.9 Å². The molecule has 5 aliphatic carbocycles. The Hall–Kier alpha value is -1.76. The van der Waals surface area contributed by atoms with Crippen molar-refractivity contribution in [3.8, 4) is 0 Å². The SMILES string of the molecule is CC1(C)CC2C3=CCC4[C@@]5(CO)CC[C@H](O[C@@H]6O[C@H](C(=O)O)[C@@H](O)[C@H](O)[C@H]6O[C@@H]6O[C@H](C(=O)O)[C@@H](O)[C@H](O)[C@H]6O)C(C)(C)C5CC[C@@]4(C)[C@]3(C)CC[C@@]2(C)[C@H](O)C1. The number of carbonyl (C=O) groups is 2. The van der Waals surface area contributed by atoms with Gasteiger partial charge < -0.3 is 64.9 Å². The van der Waals surface area contributed by atoms with Gasteiger partial charge in [0, 0.05) is 17.4 Å². The van der Waals surface area contributed by atoms with Crippen molar-refractivity contribution in [3.05, 3.63) is 11.6 Å². The van der Waals surface area contributed by atoms with Crippen molar-refractivity contribution < 1.29 is 74.5 Å². The quantitative estimate of drug-likeness (QED) is 0.132. The smallest absolute Gasteiger partial charge is 0.335 e. The monoisotopic (exact) mass is 810 g/mol. The minimum Gasteiger partial charge on any atom is -0.479 e. The molecule has 0 aromatic rings. The normalized spacial score (nSPS) is 52.9. The van der Waals surface area contributed by atoms with Gasteiger partial charge >= 0.3 is 11.9 Å². The van der Waals surface area contributed by atoms with E-state index in [1.165, 1.54) is 5.57 Å². The predicted molar refractivity (Wildman–Crippen MR) is 200 cm³/mol. The third-order valence-electron chi connectivity index (χ3n) is 17.3. The van der Waals surface area contributed by atoms with Gasteiger partial charge in [-0.15, -0.1) is 0 Å². The molecule has 7 aliphatic rings. The number of carboxylic acid groups (broad SMARTS) is 2. The summed E-state index contributed by atoms with van der Waals surface area (Å²) >= 11 is 0. The Labute approximate surface area is 334 Å². The minimum atomic E-state index is -2.03. The molecule has 6 fully saturated rings. The molecule has 15 heteroatoms. The lowest BCUT2D eigenvalue weighted by molar-refractivity contribution is -0.372. The lowest BCUT2D eigenvalue weighted by Crippen LogP contribution is -2.68. The summed E-state index contributed by atoms with van der Waals surface area (Å²) in [5, 5.41) is 96.0. The summed E-state index contributed by atoms with van der Waals surface area (Å²) in [6.07, 6.45) is -10.7. The van der Waals surface area contributed by atoms with Gasteiger partial charge in [-0.2, -0.15) is 0 Å². The molecule has 9 N–H and O–H groups in total. The fraction of sp³-hybridized carbons (Fsp3) is 0.905. The molecule has 2 heterocycles. The fourth-order valence-corrected chi connectivity index (χ4v) is 13.7. The summed E-state index contributed by atoms with van der Waals surface area (Å²) in [6, 6.07) is 0. The van der Waals surface area contributed by atoms with E-state index < -0.39 is 90.3 Å². The highest BCUT2D eigenvalue weighted by Crippen LogP contribution is 2.76. The maximum absolute atomic E-state index is 12.2. The van der Waals surface area contributed by atoms with Crippen molar-refractivity contribution in [3.63, 3.8) is 0 Å². The molecule has 7 rings (SSSR count). The van der Waals surface area contributed by atoms with Crippen molar-refractivity contribution in [2.24, 2.45) is 50.2 Å². The van der Waals surface area contributed by atoms with Gasteiger partial charge in [-0.1, -0.05) is 60.1 Å². The number of ether oxygens (including phenoxy) is 4. The van der Waals surface area contributed by atoms with Crippen molar-refractivity contribution in [2.45, 2.75) is 180 Å². The maximum Gasteiger partial charge on any atom is 0.335 e. The molecule has 0 spiro atoms. The number of fused-ring (bicyclic) bond motifs is 7. The molecular formula is C42H66O15. The number of allylic oxidation sites excluding steroid dienone is 2. The fourth-order valence-electron chi connectivity index (χ4n) is 13.7. The molecule has 2 aliphatic heterocycles. The summed E-state index contributed by atoms with van der Waals surface area (Å²) in [7, 11) is 0. The van der Waals surface area contributed by atoms with E-state index in [0.717, 1.165) is 44.9 Å². The van der Waals surface area contributed by atoms with Gasteiger partial charge in [0.1, 0.15) is 36.6 Å². The van der Waals surface area contributed by atoms with Crippen molar-refractivity contribution in [1.29, 1.82) is 0 Å². The van der Waals surface area contributed by atoms with Gasteiger partial charge in [-0.3, -0.25) is 0 Å². The largest absolute Gasteiger partial charge is 0.479 e. The first-order chi connectivity index (χ1) is 26.4. The van der Waals surface area contributed by atoms with Gasteiger partial charge in [-0.25, -0.2) is 9.59 Å². The molecule has 0 aromatic heterocycles. The lowest BCUT2D eigenvalue weighted by atomic mass is 9.33. The van der Waals surface area contributed by atoms with Gasteiger partial charge in [0.25, 0.3) is 0 Å². The molecule has 2 saturated heterocycles. The highest BCUT2D eigenvalue weighted by molar-refractivity contribution is 5.74. The highest BCUT2D eigenvalue weighted by Gasteiger charge is 2.70. The van der Waals surface area contributed by atoms with Crippen LogP contribution in [0.1, 0.15) is 106 Å². The Kier molecular flexibility index (Phi) is 11.0. The average Bonchev–Trinajstić information content (AvgIpc) is 3.12. The van der Waals surface area contributed by atoms with Crippen LogP contribution in [-0.4, -0.2) is 138 Å². The summed E-state index contributed by atoms with van der Waals surface area (Å²) in [4.78, 5) is 24.0. The Bertz CT molecular complexity index is 1600. The van der Waals surface area contributed by atoms with Crippen LogP contribution in [0, 0.1) is 50.2 Å². The summed E-state index contributed by atoms with van der Waals surface area (Å²) in [5.74, 6) is -2.88. The summed E-state index contributed by atoms with van der Waals surface area (Å²) < 4.78 is 23.5. The third-order valence-corrected chi connectivity index (χ3v) is 17.3. The Morgan fingerprint density at radius 2 is 1.33 bits per heavy atom. The first-order valence-corrected chi connectivity index (χ1v) is 20.9. The number of aliphatic hydroxyl groups is 7. The lowest BCUT2D eigenvalue weighted by Gasteiger charge is -2.72. The van der Waals surface area contributed by atoms with Crippen LogP contribution in [0.2, 0.25) is 0 Å². The van der Waals surface area contributed by atoms with Crippen molar-refractivity contribution in [1.82, 2.24) is 0 Å². The van der Waals surface area contributed by atoms with E-state index in [0.29, 0.717) is 12.8 Å². The zero-order valence-electron chi connectivity index (χ0n) is 34.3. The van der Waals surface area contributed by atoms with E-state index in [9.17, 15) is 55.5 Å². The molecule has 15 nitrogen and oxygen atoms in total. The van der Waals surface area contributed by atoms with Crippen LogP contribution in [0.4, 0.5) is 0 Å². The number of rotatable bonds is 7. The molecule has 3 unspecified atom stereocenters. The van der Waals surface area contributed by atoms with Gasteiger partial charge in [0.2, 0.25) is 0 Å². The number of hydrogen-bond donors (Lipinski definition) is 9. The molecule has 324 valence electrons. The zero-order valence-corrected chi connectivity index (χ0v) is 34.3. The van der Waals surface area contributed by atoms with Crippen LogP contribution in [-0.2, 0) is 28.5 Å². The highest BCUT2D eigenvalue weighted by atomic mass is 16.8. The zero-order chi connectivity index (χ0) is 42.0. The van der Waals surface area contributed by atoms with Crippen LogP contribution in [0.3, 0.4) is 0 Å². The Morgan fingerprint density at radius 3 is 1.95 bits per heavy atom. The topological polar surface area (TPSA) is 253 Å².